The van der Waals surface area contributed by atoms with E-state index in [1.165, 1.54) is 5.56 Å². The molecule has 3 N–H and O–H groups in total. The zero-order valence-corrected chi connectivity index (χ0v) is 12.8. The first-order chi connectivity index (χ1) is 10.2. The van der Waals surface area contributed by atoms with E-state index in [4.69, 9.17) is 10.5 Å². The predicted octanol–water partition coefficient (Wildman–Crippen LogP) is 4.10. The number of aryl methyl sites for hydroxylation is 1. The van der Waals surface area contributed by atoms with Gasteiger partial charge in [0.1, 0.15) is 5.75 Å². The SMILES string of the molecule is CCOc1cc(N)cc(NC(C)CCc2ccccc2)c1. The molecule has 1 atom stereocenters. The predicted molar refractivity (Wildman–Crippen MR) is 89.9 cm³/mol. The number of rotatable bonds is 7. The number of nitrogen functional groups attached to an aromatic ring is 1. The van der Waals surface area contributed by atoms with E-state index in [1.54, 1.807) is 0 Å². The summed E-state index contributed by atoms with van der Waals surface area (Å²) in [5.74, 6) is 0.815. The Hall–Kier alpha value is -2.16. The summed E-state index contributed by atoms with van der Waals surface area (Å²) in [5.41, 5.74) is 9.01. The average molecular weight is 284 g/mol. The first-order valence-electron chi connectivity index (χ1n) is 7.51. The van der Waals surface area contributed by atoms with E-state index in [1.807, 2.05) is 31.2 Å². The summed E-state index contributed by atoms with van der Waals surface area (Å²) >= 11 is 0. The van der Waals surface area contributed by atoms with Gasteiger partial charge in [-0.3, -0.25) is 0 Å². The lowest BCUT2D eigenvalue weighted by molar-refractivity contribution is 0.340. The molecule has 0 fully saturated rings. The van der Waals surface area contributed by atoms with Crippen LogP contribution in [0, 0.1) is 0 Å². The average Bonchev–Trinajstić information content (AvgIpc) is 2.46. The first-order valence-corrected chi connectivity index (χ1v) is 7.51. The first kappa shape index (κ1) is 15.2. The van der Waals surface area contributed by atoms with Crippen LogP contribution >= 0.6 is 0 Å². The number of ether oxygens (including phenoxy) is 1. The Bertz CT molecular complexity index is 554. The van der Waals surface area contributed by atoms with Gasteiger partial charge < -0.3 is 15.8 Å². The summed E-state index contributed by atoms with van der Waals surface area (Å²) < 4.78 is 5.52. The van der Waals surface area contributed by atoms with Crippen LogP contribution in [0.5, 0.6) is 5.75 Å². The Morgan fingerprint density at radius 2 is 1.90 bits per heavy atom. The van der Waals surface area contributed by atoms with Crippen LogP contribution in [0.1, 0.15) is 25.8 Å². The van der Waals surface area contributed by atoms with Crippen molar-refractivity contribution in [3.8, 4) is 5.75 Å². The quantitative estimate of drug-likeness (QED) is 0.752. The molecule has 2 aromatic carbocycles. The Morgan fingerprint density at radius 3 is 2.62 bits per heavy atom. The minimum absolute atomic E-state index is 0.376. The summed E-state index contributed by atoms with van der Waals surface area (Å²) in [6.45, 7) is 4.80. The molecule has 0 bridgehead atoms. The minimum Gasteiger partial charge on any atom is -0.494 e. The molecule has 0 saturated heterocycles. The Morgan fingerprint density at radius 1 is 1.14 bits per heavy atom. The fourth-order valence-corrected chi connectivity index (χ4v) is 2.34. The molecule has 3 nitrogen and oxygen atoms in total. The number of hydrogen-bond acceptors (Lipinski definition) is 3. The highest BCUT2D eigenvalue weighted by Crippen LogP contribution is 2.23. The lowest BCUT2D eigenvalue weighted by Gasteiger charge is -2.16. The van der Waals surface area contributed by atoms with Crippen molar-refractivity contribution in [2.75, 3.05) is 17.7 Å². The number of hydrogen-bond donors (Lipinski definition) is 2. The van der Waals surface area contributed by atoms with E-state index in [0.717, 1.165) is 30.0 Å². The molecule has 0 aromatic heterocycles. The number of anilines is 2. The zero-order valence-electron chi connectivity index (χ0n) is 12.8. The van der Waals surface area contributed by atoms with Crippen LogP contribution < -0.4 is 15.8 Å². The van der Waals surface area contributed by atoms with Gasteiger partial charge in [-0.05, 0) is 38.3 Å². The van der Waals surface area contributed by atoms with Gasteiger partial charge in [-0.25, -0.2) is 0 Å². The van der Waals surface area contributed by atoms with Crippen LogP contribution in [0.25, 0.3) is 0 Å². The van der Waals surface area contributed by atoms with Crippen LogP contribution in [0.3, 0.4) is 0 Å². The van der Waals surface area contributed by atoms with Crippen LogP contribution in [0.2, 0.25) is 0 Å². The van der Waals surface area contributed by atoms with Gasteiger partial charge >= 0.3 is 0 Å². The molecule has 2 aromatic rings. The van der Waals surface area contributed by atoms with Crippen molar-refractivity contribution in [2.45, 2.75) is 32.7 Å². The van der Waals surface area contributed by atoms with Gasteiger partial charge in [0.05, 0.1) is 6.61 Å². The molecule has 0 spiro atoms. The number of nitrogens with one attached hydrogen (secondary N) is 1. The number of nitrogens with two attached hydrogens (primary N) is 1. The normalized spacial score (nSPS) is 11.9. The molecule has 0 radical (unpaired) electrons. The third-order valence-corrected chi connectivity index (χ3v) is 3.36. The molecule has 1 unspecified atom stereocenters. The van der Waals surface area contributed by atoms with Crippen LogP contribution in [0.15, 0.2) is 48.5 Å². The fourth-order valence-electron chi connectivity index (χ4n) is 2.34. The van der Waals surface area contributed by atoms with Gasteiger partial charge in [0, 0.05) is 29.5 Å². The second kappa shape index (κ2) is 7.58. The Labute approximate surface area is 127 Å². The maximum absolute atomic E-state index is 5.91. The Balaban J connectivity index is 1.91. The molecule has 0 aliphatic carbocycles. The van der Waals surface area contributed by atoms with Crippen molar-refractivity contribution in [1.29, 1.82) is 0 Å². The maximum Gasteiger partial charge on any atom is 0.123 e. The molecule has 3 heteroatoms. The van der Waals surface area contributed by atoms with Crippen LogP contribution in [-0.2, 0) is 6.42 Å². The maximum atomic E-state index is 5.91. The number of benzene rings is 2. The molecule has 112 valence electrons. The fraction of sp³-hybridized carbons (Fsp3) is 0.333. The smallest absolute Gasteiger partial charge is 0.123 e. The van der Waals surface area contributed by atoms with E-state index in [9.17, 15) is 0 Å². The van der Waals surface area contributed by atoms with Crippen molar-refractivity contribution < 1.29 is 4.74 Å². The molecule has 0 aliphatic heterocycles. The topological polar surface area (TPSA) is 47.3 Å². The van der Waals surface area contributed by atoms with Gasteiger partial charge in [0.15, 0.2) is 0 Å². The highest BCUT2D eigenvalue weighted by Gasteiger charge is 2.05. The van der Waals surface area contributed by atoms with Crippen LogP contribution in [0.4, 0.5) is 11.4 Å². The second-order valence-corrected chi connectivity index (χ2v) is 5.29. The molecular weight excluding hydrogens is 260 g/mol. The summed E-state index contributed by atoms with van der Waals surface area (Å²) in [6.07, 6.45) is 2.14. The van der Waals surface area contributed by atoms with Gasteiger partial charge in [-0.15, -0.1) is 0 Å². The monoisotopic (exact) mass is 284 g/mol. The lowest BCUT2D eigenvalue weighted by Crippen LogP contribution is -2.16. The summed E-state index contributed by atoms with van der Waals surface area (Å²) in [7, 11) is 0. The molecule has 0 saturated carbocycles. The van der Waals surface area contributed by atoms with Crippen molar-refractivity contribution in [3.05, 3.63) is 54.1 Å². The molecule has 2 rings (SSSR count). The summed E-state index contributed by atoms with van der Waals surface area (Å²) in [6, 6.07) is 16.7. The van der Waals surface area contributed by atoms with Gasteiger partial charge in [-0.1, -0.05) is 30.3 Å². The van der Waals surface area contributed by atoms with E-state index in [-0.39, 0.29) is 0 Å². The highest BCUT2D eigenvalue weighted by molar-refractivity contribution is 5.59. The third-order valence-electron chi connectivity index (χ3n) is 3.36. The second-order valence-electron chi connectivity index (χ2n) is 5.29. The van der Waals surface area contributed by atoms with Gasteiger partial charge in [-0.2, -0.15) is 0 Å². The van der Waals surface area contributed by atoms with E-state index < -0.39 is 0 Å². The standard InChI is InChI=1S/C18H24N2O/c1-3-21-18-12-16(19)11-17(13-18)20-14(2)9-10-15-7-5-4-6-8-15/h4-8,11-14,20H,3,9-10,19H2,1-2H3. The largest absolute Gasteiger partial charge is 0.494 e. The molecule has 21 heavy (non-hydrogen) atoms. The molecule has 0 heterocycles. The lowest BCUT2D eigenvalue weighted by atomic mass is 10.1. The summed E-state index contributed by atoms with van der Waals surface area (Å²) in [5, 5.41) is 3.49. The highest BCUT2D eigenvalue weighted by atomic mass is 16.5. The van der Waals surface area contributed by atoms with Crippen molar-refractivity contribution in [2.24, 2.45) is 0 Å². The third kappa shape index (κ3) is 5.03. The van der Waals surface area contributed by atoms with Gasteiger partial charge in [0.25, 0.3) is 0 Å². The van der Waals surface area contributed by atoms with Crippen molar-refractivity contribution in [3.63, 3.8) is 0 Å². The van der Waals surface area contributed by atoms with Crippen LogP contribution in [-0.4, -0.2) is 12.6 Å². The molecular formula is C18H24N2O. The minimum atomic E-state index is 0.376. The summed E-state index contributed by atoms with van der Waals surface area (Å²) in [4.78, 5) is 0. The molecule has 0 amide bonds. The molecule has 0 aliphatic rings. The van der Waals surface area contributed by atoms with E-state index in [0.29, 0.717) is 12.6 Å². The van der Waals surface area contributed by atoms with Crippen molar-refractivity contribution in [1.82, 2.24) is 0 Å². The van der Waals surface area contributed by atoms with Gasteiger partial charge in [0.2, 0.25) is 0 Å². The Kier molecular flexibility index (Phi) is 5.50. The van der Waals surface area contributed by atoms with E-state index >= 15 is 0 Å². The van der Waals surface area contributed by atoms with E-state index in [2.05, 4.69) is 36.5 Å². The van der Waals surface area contributed by atoms with Crippen molar-refractivity contribution >= 4 is 11.4 Å². The zero-order chi connectivity index (χ0) is 15.1.